The number of carbonyl (C=O) groups is 3. The normalized spacial score (nSPS) is 9.77. The molecule has 0 unspecified atom stereocenters. The average Bonchev–Trinajstić information content (AvgIpc) is 2.42. The predicted molar refractivity (Wildman–Crippen MR) is 79.7 cm³/mol. The molecule has 0 aliphatic carbocycles. The fourth-order valence-electron chi connectivity index (χ4n) is 1.50. The summed E-state index contributed by atoms with van der Waals surface area (Å²) in [6.07, 6.45) is -1.58. The van der Waals surface area contributed by atoms with Crippen molar-refractivity contribution in [3.8, 4) is 0 Å². The van der Waals surface area contributed by atoms with E-state index >= 15 is 0 Å². The molecule has 8 nitrogen and oxygen atoms in total. The van der Waals surface area contributed by atoms with E-state index in [4.69, 9.17) is 21.4 Å². The summed E-state index contributed by atoms with van der Waals surface area (Å²) in [5.74, 6) is -1.30. The Bertz CT molecular complexity index is 590. The molecule has 120 valence electrons. The molecule has 22 heavy (non-hydrogen) atoms. The third-order valence-electron chi connectivity index (χ3n) is 2.36. The third kappa shape index (κ3) is 4.81. The molecule has 9 heteroatoms. The van der Waals surface area contributed by atoms with Crippen molar-refractivity contribution < 1.29 is 29.0 Å². The molecule has 0 atom stereocenters. The highest BCUT2D eigenvalue weighted by Gasteiger charge is 2.18. The van der Waals surface area contributed by atoms with Gasteiger partial charge in [-0.15, -0.1) is 0 Å². The van der Waals surface area contributed by atoms with Crippen molar-refractivity contribution >= 4 is 41.1 Å². The molecule has 1 aromatic rings. The van der Waals surface area contributed by atoms with Gasteiger partial charge in [-0.2, -0.15) is 0 Å². The van der Waals surface area contributed by atoms with Crippen LogP contribution in [0.15, 0.2) is 12.1 Å². The highest BCUT2D eigenvalue weighted by Crippen LogP contribution is 2.30. The number of carboxylic acids is 1. The number of ether oxygens (including phenoxy) is 2. The van der Waals surface area contributed by atoms with Gasteiger partial charge in [-0.1, -0.05) is 11.6 Å². The summed E-state index contributed by atoms with van der Waals surface area (Å²) in [6, 6.07) is 2.31. The van der Waals surface area contributed by atoms with E-state index in [1.807, 2.05) is 0 Å². The second-order valence-electron chi connectivity index (χ2n) is 3.87. The average molecular weight is 331 g/mol. The zero-order valence-corrected chi connectivity index (χ0v) is 12.7. The fourth-order valence-corrected chi connectivity index (χ4v) is 1.71. The topological polar surface area (TPSA) is 114 Å². The molecule has 0 aromatic heterocycles. The number of aromatic carboxylic acids is 1. The van der Waals surface area contributed by atoms with Crippen LogP contribution in [0, 0.1) is 0 Å². The third-order valence-corrected chi connectivity index (χ3v) is 2.67. The molecule has 0 radical (unpaired) electrons. The first kappa shape index (κ1) is 17.6. The number of carbonyl (C=O) groups excluding carboxylic acids is 2. The molecule has 3 N–H and O–H groups in total. The summed E-state index contributed by atoms with van der Waals surface area (Å²) in [6.45, 7) is 3.51. The maximum Gasteiger partial charge on any atom is 0.411 e. The first-order valence-corrected chi connectivity index (χ1v) is 6.71. The number of hydrogen-bond acceptors (Lipinski definition) is 5. The monoisotopic (exact) mass is 330 g/mol. The van der Waals surface area contributed by atoms with Crippen molar-refractivity contribution in [3.63, 3.8) is 0 Å². The van der Waals surface area contributed by atoms with E-state index < -0.39 is 18.2 Å². The van der Waals surface area contributed by atoms with E-state index in [1.165, 1.54) is 6.07 Å². The van der Waals surface area contributed by atoms with Crippen LogP contribution in [-0.4, -0.2) is 36.5 Å². The van der Waals surface area contributed by atoms with Crippen molar-refractivity contribution in [2.75, 3.05) is 23.8 Å². The van der Waals surface area contributed by atoms with Gasteiger partial charge in [0.2, 0.25) is 0 Å². The van der Waals surface area contributed by atoms with Crippen molar-refractivity contribution in [2.24, 2.45) is 0 Å². The Hall–Kier alpha value is -2.48. The Kier molecular flexibility index (Phi) is 6.46. The summed E-state index contributed by atoms with van der Waals surface area (Å²) in [7, 11) is 0. The lowest BCUT2D eigenvalue weighted by molar-refractivity contribution is 0.0698. The van der Waals surface area contributed by atoms with Crippen LogP contribution < -0.4 is 10.6 Å². The van der Waals surface area contributed by atoms with E-state index in [1.54, 1.807) is 13.8 Å². The number of benzene rings is 1. The zero-order chi connectivity index (χ0) is 16.7. The number of amides is 2. The SMILES string of the molecule is CCOC(=O)Nc1cc(NC(=O)OCC)c(C(=O)O)cc1Cl. The minimum Gasteiger partial charge on any atom is -0.478 e. The summed E-state index contributed by atoms with van der Waals surface area (Å²) in [5, 5.41) is 13.7. The highest BCUT2D eigenvalue weighted by molar-refractivity contribution is 6.34. The molecule has 0 spiro atoms. The van der Waals surface area contributed by atoms with Gasteiger partial charge >= 0.3 is 18.2 Å². The van der Waals surface area contributed by atoms with Crippen LogP contribution in [-0.2, 0) is 9.47 Å². The lowest BCUT2D eigenvalue weighted by Crippen LogP contribution is -2.18. The van der Waals surface area contributed by atoms with E-state index in [0.717, 1.165) is 6.07 Å². The number of nitrogens with one attached hydrogen (secondary N) is 2. The van der Waals surface area contributed by atoms with E-state index in [-0.39, 0.29) is 35.2 Å². The zero-order valence-electron chi connectivity index (χ0n) is 11.9. The molecule has 0 bridgehead atoms. The predicted octanol–water partition coefficient (Wildman–Crippen LogP) is 3.18. The van der Waals surface area contributed by atoms with Gasteiger partial charge in [0.1, 0.15) is 0 Å². The Morgan fingerprint density at radius 2 is 1.55 bits per heavy atom. The largest absolute Gasteiger partial charge is 0.478 e. The van der Waals surface area contributed by atoms with E-state index in [2.05, 4.69) is 15.4 Å². The summed E-state index contributed by atoms with van der Waals surface area (Å²) >= 11 is 5.91. The van der Waals surface area contributed by atoms with Gasteiger partial charge in [0.05, 0.1) is 35.2 Å². The molecule has 0 fully saturated rings. The van der Waals surface area contributed by atoms with E-state index in [0.29, 0.717) is 0 Å². The lowest BCUT2D eigenvalue weighted by atomic mass is 10.1. The quantitative estimate of drug-likeness (QED) is 0.764. The van der Waals surface area contributed by atoms with Gasteiger partial charge in [0.25, 0.3) is 0 Å². The van der Waals surface area contributed by atoms with Crippen molar-refractivity contribution in [2.45, 2.75) is 13.8 Å². The molecule has 1 rings (SSSR count). The van der Waals surface area contributed by atoms with Gasteiger partial charge in [-0.25, -0.2) is 14.4 Å². The second-order valence-corrected chi connectivity index (χ2v) is 4.28. The molecule has 0 aliphatic rings. The highest BCUT2D eigenvalue weighted by atomic mass is 35.5. The first-order chi connectivity index (χ1) is 10.4. The summed E-state index contributed by atoms with van der Waals surface area (Å²) in [5.41, 5.74) is -0.216. The number of rotatable bonds is 5. The van der Waals surface area contributed by atoms with Crippen LogP contribution in [0.5, 0.6) is 0 Å². The smallest absolute Gasteiger partial charge is 0.411 e. The molecule has 0 aliphatic heterocycles. The standard InChI is InChI=1S/C13H15ClN2O6/c1-3-21-12(19)15-9-6-10(16-13(20)22-4-2)8(14)5-7(9)11(17)18/h5-6H,3-4H2,1-2H3,(H,15,19)(H,16,20)(H,17,18). The van der Waals surface area contributed by atoms with Crippen molar-refractivity contribution in [1.82, 2.24) is 0 Å². The van der Waals surface area contributed by atoms with Crippen LogP contribution in [0.3, 0.4) is 0 Å². The van der Waals surface area contributed by atoms with Crippen LogP contribution in [0.4, 0.5) is 21.0 Å². The van der Waals surface area contributed by atoms with Crippen LogP contribution in [0.2, 0.25) is 5.02 Å². The molecule has 0 saturated heterocycles. The summed E-state index contributed by atoms with van der Waals surface area (Å²) < 4.78 is 9.38. The summed E-state index contributed by atoms with van der Waals surface area (Å²) in [4.78, 5) is 34.0. The van der Waals surface area contributed by atoms with Crippen LogP contribution >= 0.6 is 11.6 Å². The Morgan fingerprint density at radius 3 is 2.00 bits per heavy atom. The number of carboxylic acid groups (broad SMARTS) is 1. The minimum absolute atomic E-state index is 0.0140. The molecular formula is C13H15ClN2O6. The molecule has 1 aromatic carbocycles. The lowest BCUT2D eigenvalue weighted by Gasteiger charge is -2.13. The maximum absolute atomic E-state index is 11.4. The van der Waals surface area contributed by atoms with Crippen LogP contribution in [0.25, 0.3) is 0 Å². The molecular weight excluding hydrogens is 316 g/mol. The minimum atomic E-state index is -1.30. The number of halogens is 1. The number of anilines is 2. The van der Waals surface area contributed by atoms with Gasteiger partial charge in [-0.3, -0.25) is 10.6 Å². The van der Waals surface area contributed by atoms with Gasteiger partial charge in [-0.05, 0) is 26.0 Å². The Labute approximate surface area is 131 Å². The fraction of sp³-hybridized carbons (Fsp3) is 0.308. The number of hydrogen-bond donors (Lipinski definition) is 3. The van der Waals surface area contributed by atoms with Crippen LogP contribution in [0.1, 0.15) is 24.2 Å². The second kappa shape index (κ2) is 8.08. The van der Waals surface area contributed by atoms with Gasteiger partial charge < -0.3 is 14.6 Å². The molecule has 0 heterocycles. The van der Waals surface area contributed by atoms with E-state index in [9.17, 15) is 14.4 Å². The molecule has 2 amide bonds. The van der Waals surface area contributed by atoms with Crippen molar-refractivity contribution in [1.29, 1.82) is 0 Å². The molecule has 0 saturated carbocycles. The van der Waals surface area contributed by atoms with Crippen molar-refractivity contribution in [3.05, 3.63) is 22.7 Å². The Morgan fingerprint density at radius 1 is 1.05 bits per heavy atom. The Balaban J connectivity index is 3.12. The maximum atomic E-state index is 11.4. The van der Waals surface area contributed by atoms with Gasteiger partial charge in [0, 0.05) is 0 Å². The van der Waals surface area contributed by atoms with Gasteiger partial charge in [0.15, 0.2) is 0 Å². The first-order valence-electron chi connectivity index (χ1n) is 6.33.